The molecule has 2 aliphatic heterocycles. The molecule has 1 aromatic rings. The van der Waals surface area contributed by atoms with Crippen molar-refractivity contribution in [2.45, 2.75) is 20.0 Å². The van der Waals surface area contributed by atoms with Crippen molar-refractivity contribution < 1.29 is 9.90 Å². The minimum absolute atomic E-state index is 0.330. The summed E-state index contributed by atoms with van der Waals surface area (Å²) in [4.78, 5) is 16.3. The second kappa shape index (κ2) is 5.66. The number of aliphatic hydroxyl groups is 1. The summed E-state index contributed by atoms with van der Waals surface area (Å²) in [7, 11) is 0. The maximum atomic E-state index is 11.5. The van der Waals surface area contributed by atoms with Crippen molar-refractivity contribution in [1.82, 2.24) is 4.90 Å². The van der Waals surface area contributed by atoms with Gasteiger partial charge in [-0.1, -0.05) is 19.9 Å². The van der Waals surface area contributed by atoms with E-state index in [0.717, 1.165) is 44.1 Å². The summed E-state index contributed by atoms with van der Waals surface area (Å²) in [6.45, 7) is 9.81. The molecule has 1 saturated heterocycles. The molecular weight excluding hydrogens is 266 g/mol. The van der Waals surface area contributed by atoms with Gasteiger partial charge in [0, 0.05) is 49.7 Å². The summed E-state index contributed by atoms with van der Waals surface area (Å²) in [5.41, 5.74) is 2.55. The van der Waals surface area contributed by atoms with Crippen molar-refractivity contribution in [1.29, 1.82) is 0 Å². The molecule has 21 heavy (non-hydrogen) atoms. The zero-order chi connectivity index (χ0) is 15.0. The second-order valence-corrected chi connectivity index (χ2v) is 6.34. The van der Waals surface area contributed by atoms with Gasteiger partial charge in [0.15, 0.2) is 6.10 Å². The molecule has 1 aromatic carbocycles. The van der Waals surface area contributed by atoms with E-state index < -0.39 is 6.10 Å². The van der Waals surface area contributed by atoms with E-state index in [1.165, 1.54) is 0 Å². The van der Waals surface area contributed by atoms with Gasteiger partial charge in [-0.3, -0.25) is 9.69 Å². The SMILES string of the molecule is CC(C)CN1CCN(c2ccc3c(c2)NC(=O)C3O)CC1. The molecule has 0 aromatic heterocycles. The van der Waals surface area contributed by atoms with Gasteiger partial charge in [0.2, 0.25) is 0 Å². The van der Waals surface area contributed by atoms with Crippen LogP contribution in [0.4, 0.5) is 11.4 Å². The van der Waals surface area contributed by atoms with Crippen LogP contribution in [0.1, 0.15) is 25.5 Å². The van der Waals surface area contributed by atoms with Gasteiger partial charge >= 0.3 is 0 Å². The third-order valence-electron chi connectivity index (χ3n) is 4.20. The van der Waals surface area contributed by atoms with Crippen LogP contribution >= 0.6 is 0 Å². The van der Waals surface area contributed by atoms with E-state index >= 15 is 0 Å². The fourth-order valence-corrected chi connectivity index (χ4v) is 3.14. The molecule has 0 saturated carbocycles. The lowest BCUT2D eigenvalue weighted by Gasteiger charge is -2.37. The largest absolute Gasteiger partial charge is 0.378 e. The third-order valence-corrected chi connectivity index (χ3v) is 4.20. The Hall–Kier alpha value is -1.59. The number of carbonyl (C=O) groups is 1. The highest BCUT2D eigenvalue weighted by Gasteiger charge is 2.29. The standard InChI is InChI=1S/C16H23N3O2/c1-11(2)10-18-5-7-19(8-6-18)12-3-4-13-14(9-12)17-16(21)15(13)20/h3-4,9,11,15,20H,5-8,10H2,1-2H3,(H,17,21). The molecule has 5 heteroatoms. The number of fused-ring (bicyclic) bond motifs is 1. The Morgan fingerprint density at radius 1 is 1.29 bits per heavy atom. The number of nitrogens with zero attached hydrogens (tertiary/aromatic N) is 2. The number of benzene rings is 1. The van der Waals surface area contributed by atoms with Gasteiger partial charge in [-0.2, -0.15) is 0 Å². The third kappa shape index (κ3) is 2.89. The van der Waals surface area contributed by atoms with Gasteiger partial charge in [0.25, 0.3) is 5.91 Å². The van der Waals surface area contributed by atoms with E-state index in [2.05, 4.69) is 29.0 Å². The summed E-state index contributed by atoms with van der Waals surface area (Å²) >= 11 is 0. The Balaban J connectivity index is 1.67. The first-order chi connectivity index (χ1) is 10.0. The Bertz CT molecular complexity index is 536. The van der Waals surface area contributed by atoms with Gasteiger partial charge < -0.3 is 15.3 Å². The Labute approximate surface area is 125 Å². The predicted molar refractivity (Wildman–Crippen MR) is 83.5 cm³/mol. The van der Waals surface area contributed by atoms with Gasteiger partial charge in [-0.15, -0.1) is 0 Å². The average molecular weight is 289 g/mol. The zero-order valence-corrected chi connectivity index (χ0v) is 12.7. The molecule has 5 nitrogen and oxygen atoms in total. The van der Waals surface area contributed by atoms with E-state index in [-0.39, 0.29) is 5.91 Å². The van der Waals surface area contributed by atoms with Gasteiger partial charge in [0.05, 0.1) is 0 Å². The van der Waals surface area contributed by atoms with Crippen LogP contribution in [0.2, 0.25) is 0 Å². The number of hydrogen-bond donors (Lipinski definition) is 2. The maximum absolute atomic E-state index is 11.5. The first-order valence-electron chi connectivity index (χ1n) is 7.65. The number of piperazine rings is 1. The summed E-state index contributed by atoms with van der Waals surface area (Å²) in [6.07, 6.45) is -1.02. The number of anilines is 2. The van der Waals surface area contributed by atoms with Gasteiger partial charge in [-0.25, -0.2) is 0 Å². The van der Waals surface area contributed by atoms with E-state index in [0.29, 0.717) is 11.5 Å². The maximum Gasteiger partial charge on any atom is 0.257 e. The van der Waals surface area contributed by atoms with Crippen LogP contribution in [0.15, 0.2) is 18.2 Å². The van der Waals surface area contributed by atoms with E-state index in [1.807, 2.05) is 18.2 Å². The molecule has 2 heterocycles. The Kier molecular flexibility index (Phi) is 3.87. The highest BCUT2D eigenvalue weighted by atomic mass is 16.3. The normalized spacial score (nSPS) is 22.6. The average Bonchev–Trinajstić information content (AvgIpc) is 2.74. The molecular formula is C16H23N3O2. The number of hydrogen-bond acceptors (Lipinski definition) is 4. The molecule has 1 fully saturated rings. The van der Waals surface area contributed by atoms with Crippen LogP contribution in [-0.4, -0.2) is 48.6 Å². The lowest BCUT2D eigenvalue weighted by molar-refractivity contribution is -0.123. The van der Waals surface area contributed by atoms with Crippen LogP contribution in [0, 0.1) is 5.92 Å². The number of amides is 1. The molecule has 1 atom stereocenters. The molecule has 114 valence electrons. The molecule has 3 rings (SSSR count). The molecule has 0 aliphatic carbocycles. The molecule has 1 amide bonds. The minimum Gasteiger partial charge on any atom is -0.378 e. The topological polar surface area (TPSA) is 55.8 Å². The second-order valence-electron chi connectivity index (χ2n) is 6.34. The highest BCUT2D eigenvalue weighted by molar-refractivity contribution is 6.02. The Morgan fingerprint density at radius 3 is 2.67 bits per heavy atom. The predicted octanol–water partition coefficient (Wildman–Crippen LogP) is 1.45. The first kappa shape index (κ1) is 14.4. The van der Waals surface area contributed by atoms with Crippen molar-refractivity contribution >= 4 is 17.3 Å². The number of rotatable bonds is 3. The lowest BCUT2D eigenvalue weighted by Crippen LogP contribution is -2.47. The first-order valence-corrected chi connectivity index (χ1v) is 7.65. The van der Waals surface area contributed by atoms with Crippen molar-refractivity contribution in [2.75, 3.05) is 42.9 Å². The van der Waals surface area contributed by atoms with Crippen molar-refractivity contribution in [3.05, 3.63) is 23.8 Å². The van der Waals surface area contributed by atoms with Crippen LogP contribution in [0.5, 0.6) is 0 Å². The molecule has 1 unspecified atom stereocenters. The van der Waals surface area contributed by atoms with Crippen LogP contribution in [0.25, 0.3) is 0 Å². The van der Waals surface area contributed by atoms with E-state index in [1.54, 1.807) is 0 Å². The molecule has 2 N–H and O–H groups in total. The summed E-state index contributed by atoms with van der Waals surface area (Å²) in [6, 6.07) is 5.83. The van der Waals surface area contributed by atoms with Crippen molar-refractivity contribution in [2.24, 2.45) is 5.92 Å². The Morgan fingerprint density at radius 2 is 2.00 bits per heavy atom. The number of aliphatic hydroxyl groups excluding tert-OH is 1. The summed E-state index contributed by atoms with van der Waals surface area (Å²) < 4.78 is 0. The van der Waals surface area contributed by atoms with Gasteiger partial charge in [-0.05, 0) is 18.1 Å². The monoisotopic (exact) mass is 289 g/mol. The summed E-state index contributed by atoms with van der Waals surface area (Å²) in [5.74, 6) is 0.372. The summed E-state index contributed by atoms with van der Waals surface area (Å²) in [5, 5.41) is 12.5. The smallest absolute Gasteiger partial charge is 0.257 e. The van der Waals surface area contributed by atoms with Crippen LogP contribution < -0.4 is 10.2 Å². The minimum atomic E-state index is -1.02. The fourth-order valence-electron chi connectivity index (χ4n) is 3.14. The van der Waals surface area contributed by atoms with Crippen molar-refractivity contribution in [3.8, 4) is 0 Å². The van der Waals surface area contributed by atoms with Crippen molar-refractivity contribution in [3.63, 3.8) is 0 Å². The fraction of sp³-hybridized carbons (Fsp3) is 0.562. The number of nitrogens with one attached hydrogen (secondary N) is 1. The van der Waals surface area contributed by atoms with Gasteiger partial charge in [0.1, 0.15) is 0 Å². The van der Waals surface area contributed by atoms with E-state index in [4.69, 9.17) is 0 Å². The lowest BCUT2D eigenvalue weighted by atomic mass is 10.1. The van der Waals surface area contributed by atoms with E-state index in [9.17, 15) is 9.90 Å². The molecule has 0 radical (unpaired) electrons. The molecule has 0 spiro atoms. The highest BCUT2D eigenvalue weighted by Crippen LogP contribution is 2.34. The molecule has 2 aliphatic rings. The van der Waals surface area contributed by atoms with Crippen LogP contribution in [0.3, 0.4) is 0 Å². The quantitative estimate of drug-likeness (QED) is 0.884. The van der Waals surface area contributed by atoms with Crippen LogP contribution in [-0.2, 0) is 4.79 Å². The molecule has 0 bridgehead atoms. The number of carbonyl (C=O) groups excluding carboxylic acids is 1. The zero-order valence-electron chi connectivity index (χ0n) is 12.7.